The molecule has 2 heterocycles. The lowest BCUT2D eigenvalue weighted by atomic mass is 9.93. The van der Waals surface area contributed by atoms with Crippen molar-refractivity contribution >= 4 is 5.91 Å². The maximum absolute atomic E-state index is 11.1. The van der Waals surface area contributed by atoms with Crippen molar-refractivity contribution in [2.75, 3.05) is 6.61 Å². The number of nitrogens with one attached hydrogen (secondary N) is 1. The first-order valence-electron chi connectivity index (χ1n) is 4.90. The fourth-order valence-electron chi connectivity index (χ4n) is 2.00. The molecule has 0 aromatic heterocycles. The van der Waals surface area contributed by atoms with E-state index in [2.05, 4.69) is 10.3 Å². The van der Waals surface area contributed by atoms with Crippen LogP contribution in [0.15, 0.2) is 0 Å². The van der Waals surface area contributed by atoms with Gasteiger partial charge in [0.25, 0.3) is 0 Å². The summed E-state index contributed by atoms with van der Waals surface area (Å²) in [6.07, 6.45) is -3.73. The van der Waals surface area contributed by atoms with E-state index in [1.807, 2.05) is 0 Å². The van der Waals surface area contributed by atoms with E-state index in [1.54, 1.807) is 0 Å². The molecule has 0 aromatic rings. The summed E-state index contributed by atoms with van der Waals surface area (Å²) in [6.45, 7) is 1.09. The van der Waals surface area contributed by atoms with Crippen molar-refractivity contribution in [3.8, 4) is 0 Å². The van der Waals surface area contributed by atoms with E-state index in [4.69, 9.17) is 9.99 Å². The summed E-state index contributed by atoms with van der Waals surface area (Å²) in [7, 11) is 0. The molecule has 0 bridgehead atoms. The molecule has 2 saturated heterocycles. The standard InChI is InChI=1S/C8H14N2O6/c1-3(11)10-5-7(13)6(12)4(2-15-14)16-8(5)9-10/h4-9,12-14H,2H2,1H3/t4-,5-,6-,7-,8+/m1/s1. The SMILES string of the molecule is CC(=O)N1N[C@H]2O[C@H](COO)[C@@H](O)[C@H](O)[C@H]21. The molecular weight excluding hydrogens is 220 g/mol. The molecule has 2 aliphatic heterocycles. The Hall–Kier alpha value is -0.770. The molecule has 8 heteroatoms. The number of amides is 1. The van der Waals surface area contributed by atoms with Crippen LogP contribution in [-0.2, 0) is 14.4 Å². The van der Waals surface area contributed by atoms with Crippen molar-refractivity contribution in [2.45, 2.75) is 37.5 Å². The predicted molar refractivity (Wildman–Crippen MR) is 48.7 cm³/mol. The predicted octanol–water partition coefficient (Wildman–Crippen LogP) is -2.34. The molecule has 0 unspecified atom stereocenters. The van der Waals surface area contributed by atoms with Crippen molar-refractivity contribution in [3.63, 3.8) is 0 Å². The van der Waals surface area contributed by atoms with Crippen LogP contribution in [0.1, 0.15) is 6.92 Å². The molecule has 8 nitrogen and oxygen atoms in total. The van der Waals surface area contributed by atoms with Crippen LogP contribution in [0.4, 0.5) is 0 Å². The number of carbonyl (C=O) groups excluding carboxylic acids is 1. The number of hydrazine groups is 1. The fraction of sp³-hybridized carbons (Fsp3) is 0.875. The summed E-state index contributed by atoms with van der Waals surface area (Å²) < 4.78 is 5.29. The highest BCUT2D eigenvalue weighted by Crippen LogP contribution is 2.29. The van der Waals surface area contributed by atoms with Crippen LogP contribution in [0.2, 0.25) is 0 Å². The lowest BCUT2D eigenvalue weighted by Gasteiger charge is -2.55. The molecule has 0 spiro atoms. The second-order valence-corrected chi connectivity index (χ2v) is 3.88. The van der Waals surface area contributed by atoms with E-state index >= 15 is 0 Å². The minimum atomic E-state index is -1.21. The van der Waals surface area contributed by atoms with Crippen molar-refractivity contribution in [1.82, 2.24) is 10.4 Å². The number of ether oxygens (including phenoxy) is 1. The topological polar surface area (TPSA) is 111 Å². The molecule has 1 amide bonds. The van der Waals surface area contributed by atoms with Gasteiger partial charge in [-0.2, -0.15) is 0 Å². The van der Waals surface area contributed by atoms with Crippen LogP contribution in [0, 0.1) is 0 Å². The number of aliphatic hydroxyl groups is 2. The Bertz CT molecular complexity index is 288. The average molecular weight is 234 g/mol. The molecule has 2 rings (SSSR count). The van der Waals surface area contributed by atoms with Gasteiger partial charge in [0.1, 0.15) is 37.2 Å². The summed E-state index contributed by atoms with van der Waals surface area (Å²) in [4.78, 5) is 15.0. The number of hydrogen-bond acceptors (Lipinski definition) is 7. The van der Waals surface area contributed by atoms with Gasteiger partial charge in [-0.1, -0.05) is 0 Å². The lowest BCUT2D eigenvalue weighted by Crippen LogP contribution is -2.80. The van der Waals surface area contributed by atoms with Gasteiger partial charge in [-0.3, -0.25) is 15.1 Å². The Balaban J connectivity index is 2.04. The maximum Gasteiger partial charge on any atom is 0.234 e. The van der Waals surface area contributed by atoms with Crippen molar-refractivity contribution in [3.05, 3.63) is 0 Å². The van der Waals surface area contributed by atoms with E-state index in [-0.39, 0.29) is 12.5 Å². The third-order valence-corrected chi connectivity index (χ3v) is 2.85. The number of rotatable bonds is 2. The Kier molecular flexibility index (Phi) is 3.10. The molecule has 0 aromatic carbocycles. The first-order valence-corrected chi connectivity index (χ1v) is 4.90. The zero-order valence-corrected chi connectivity index (χ0v) is 8.61. The van der Waals surface area contributed by atoms with E-state index in [1.165, 1.54) is 11.9 Å². The number of fused-ring (bicyclic) bond motifs is 1. The summed E-state index contributed by atoms with van der Waals surface area (Å²) in [5.41, 5.74) is 2.67. The zero-order valence-electron chi connectivity index (χ0n) is 8.61. The van der Waals surface area contributed by atoms with Crippen molar-refractivity contribution in [2.24, 2.45) is 0 Å². The van der Waals surface area contributed by atoms with E-state index in [0.29, 0.717) is 0 Å². The monoisotopic (exact) mass is 234 g/mol. The molecule has 16 heavy (non-hydrogen) atoms. The quantitative estimate of drug-likeness (QED) is 0.313. The first kappa shape index (κ1) is 11.7. The number of nitrogens with zero attached hydrogens (tertiary/aromatic N) is 1. The van der Waals surface area contributed by atoms with Crippen LogP contribution in [0.5, 0.6) is 0 Å². The number of hydrogen-bond donors (Lipinski definition) is 4. The largest absolute Gasteiger partial charge is 0.388 e. The van der Waals surface area contributed by atoms with E-state index in [9.17, 15) is 15.0 Å². The van der Waals surface area contributed by atoms with Gasteiger partial charge in [0, 0.05) is 6.92 Å². The first-order chi connectivity index (χ1) is 7.56. The van der Waals surface area contributed by atoms with Gasteiger partial charge in [0.05, 0.1) is 0 Å². The Morgan fingerprint density at radius 1 is 1.50 bits per heavy atom. The third-order valence-electron chi connectivity index (χ3n) is 2.85. The Morgan fingerprint density at radius 3 is 2.75 bits per heavy atom. The minimum Gasteiger partial charge on any atom is -0.388 e. The Labute approximate surface area is 91.3 Å². The molecule has 0 aliphatic carbocycles. The fourth-order valence-corrected chi connectivity index (χ4v) is 2.00. The normalized spacial score (nSPS) is 42.5. The van der Waals surface area contributed by atoms with Crippen LogP contribution in [-0.4, -0.2) is 63.6 Å². The molecule has 4 N–H and O–H groups in total. The highest BCUT2D eigenvalue weighted by molar-refractivity contribution is 5.74. The lowest BCUT2D eigenvalue weighted by molar-refractivity contribution is -0.320. The summed E-state index contributed by atoms with van der Waals surface area (Å²) in [6, 6.07) is -0.609. The van der Waals surface area contributed by atoms with Crippen LogP contribution < -0.4 is 5.43 Å². The Morgan fingerprint density at radius 2 is 2.19 bits per heavy atom. The van der Waals surface area contributed by atoms with E-state index in [0.717, 1.165) is 0 Å². The van der Waals surface area contributed by atoms with Crippen molar-refractivity contribution < 1.29 is 29.9 Å². The van der Waals surface area contributed by atoms with Gasteiger partial charge in [-0.15, -0.1) is 0 Å². The van der Waals surface area contributed by atoms with Crippen LogP contribution in [0.3, 0.4) is 0 Å². The highest BCUT2D eigenvalue weighted by Gasteiger charge is 2.54. The molecule has 0 radical (unpaired) electrons. The zero-order chi connectivity index (χ0) is 11.9. The smallest absolute Gasteiger partial charge is 0.234 e. The second-order valence-electron chi connectivity index (χ2n) is 3.88. The maximum atomic E-state index is 11.1. The number of aliphatic hydroxyl groups excluding tert-OH is 2. The van der Waals surface area contributed by atoms with Crippen LogP contribution in [0.25, 0.3) is 0 Å². The molecule has 92 valence electrons. The average Bonchev–Trinajstić information content (AvgIpc) is 2.18. The molecule has 2 fully saturated rings. The third kappa shape index (κ3) is 1.69. The van der Waals surface area contributed by atoms with Gasteiger partial charge < -0.3 is 14.9 Å². The van der Waals surface area contributed by atoms with E-state index < -0.39 is 30.6 Å². The molecule has 2 aliphatic rings. The molecular formula is C8H14N2O6. The van der Waals surface area contributed by atoms with Crippen LogP contribution >= 0.6 is 0 Å². The van der Waals surface area contributed by atoms with Gasteiger partial charge in [0.15, 0.2) is 0 Å². The van der Waals surface area contributed by atoms with Gasteiger partial charge in [0.2, 0.25) is 5.91 Å². The molecule has 0 saturated carbocycles. The summed E-state index contributed by atoms with van der Waals surface area (Å²) >= 11 is 0. The van der Waals surface area contributed by atoms with Gasteiger partial charge >= 0.3 is 0 Å². The van der Waals surface area contributed by atoms with Gasteiger partial charge in [-0.05, 0) is 0 Å². The number of carbonyl (C=O) groups is 1. The second kappa shape index (κ2) is 4.24. The molecule has 5 atom stereocenters. The summed E-state index contributed by atoms with van der Waals surface area (Å²) in [5, 5.41) is 28.9. The van der Waals surface area contributed by atoms with Crippen molar-refractivity contribution in [1.29, 1.82) is 0 Å². The highest BCUT2D eigenvalue weighted by atomic mass is 17.1. The minimum absolute atomic E-state index is 0.247. The summed E-state index contributed by atoms with van der Waals surface area (Å²) in [5.74, 6) is -0.270. The van der Waals surface area contributed by atoms with Gasteiger partial charge in [-0.25, -0.2) is 10.3 Å².